The maximum Gasteiger partial charge on any atom is 0.168 e. The van der Waals surface area contributed by atoms with Crippen LogP contribution < -0.4 is 5.73 Å². The maximum atomic E-state index is 11.8. The predicted molar refractivity (Wildman–Crippen MR) is 65.3 cm³/mol. The predicted octanol–water partition coefficient (Wildman–Crippen LogP) is 2.50. The van der Waals surface area contributed by atoms with E-state index in [1.807, 2.05) is 6.92 Å². The maximum absolute atomic E-state index is 11.8. The summed E-state index contributed by atoms with van der Waals surface area (Å²) < 4.78 is 0. The summed E-state index contributed by atoms with van der Waals surface area (Å²) in [5.74, 6) is -0.139. The summed E-state index contributed by atoms with van der Waals surface area (Å²) >= 11 is 6.11. The van der Waals surface area contributed by atoms with Gasteiger partial charge in [0.05, 0.1) is 5.56 Å². The zero-order valence-electron chi connectivity index (χ0n) is 9.72. The molecule has 0 bridgehead atoms. The van der Waals surface area contributed by atoms with Crippen molar-refractivity contribution >= 4 is 17.4 Å². The highest BCUT2D eigenvalue weighted by Gasteiger charge is 2.20. The molecule has 0 saturated carbocycles. The first-order chi connectivity index (χ1) is 7.41. The summed E-state index contributed by atoms with van der Waals surface area (Å²) in [6.07, 6.45) is 0.216. The highest BCUT2D eigenvalue weighted by Crippen LogP contribution is 2.35. The van der Waals surface area contributed by atoms with Gasteiger partial charge in [-0.2, -0.15) is 0 Å². The Bertz CT molecular complexity index is 412. The van der Waals surface area contributed by atoms with Crippen molar-refractivity contribution in [2.24, 2.45) is 5.73 Å². The van der Waals surface area contributed by atoms with Crippen LogP contribution in [0.2, 0.25) is 5.02 Å². The van der Waals surface area contributed by atoms with Gasteiger partial charge in [-0.25, -0.2) is 0 Å². The molecule has 0 unspecified atom stereocenters. The molecule has 0 aliphatic carbocycles. The molecule has 1 aromatic carbocycles. The number of ketones is 1. The Kier molecular flexibility index (Phi) is 3.94. The monoisotopic (exact) mass is 241 g/mol. The Morgan fingerprint density at radius 1 is 1.25 bits per heavy atom. The Balaban J connectivity index is 3.45. The molecular formula is C12H16ClNO2. The van der Waals surface area contributed by atoms with Gasteiger partial charge in [-0.3, -0.25) is 4.79 Å². The molecule has 0 amide bonds. The van der Waals surface area contributed by atoms with Crippen LogP contribution in [0.4, 0.5) is 0 Å². The summed E-state index contributed by atoms with van der Waals surface area (Å²) in [4.78, 5) is 11.8. The van der Waals surface area contributed by atoms with E-state index in [-0.39, 0.29) is 24.5 Å². The molecular weight excluding hydrogens is 226 g/mol. The van der Waals surface area contributed by atoms with Crippen LogP contribution in [-0.4, -0.2) is 17.4 Å². The van der Waals surface area contributed by atoms with Gasteiger partial charge >= 0.3 is 0 Å². The van der Waals surface area contributed by atoms with Crippen LogP contribution in [0.1, 0.15) is 33.5 Å². The SMILES string of the molecule is Cc1c(C)c(Cl)c(C)c(C(=O)CCN)c1O. The zero-order chi connectivity index (χ0) is 12.5. The van der Waals surface area contributed by atoms with Crippen LogP contribution in [0.5, 0.6) is 5.75 Å². The number of phenolic OH excluding ortho intramolecular Hbond substituents is 1. The number of Topliss-reactive ketones (excluding diaryl/α,β-unsaturated/α-hetero) is 1. The third-order valence-corrected chi connectivity index (χ3v) is 3.41. The molecule has 3 N–H and O–H groups in total. The first-order valence-corrected chi connectivity index (χ1v) is 5.51. The zero-order valence-corrected chi connectivity index (χ0v) is 10.5. The van der Waals surface area contributed by atoms with E-state index in [1.54, 1.807) is 13.8 Å². The minimum atomic E-state index is -0.164. The van der Waals surface area contributed by atoms with Crippen molar-refractivity contribution in [3.05, 3.63) is 27.3 Å². The second-order valence-corrected chi connectivity index (χ2v) is 4.25. The number of hydrogen-bond acceptors (Lipinski definition) is 3. The molecule has 88 valence electrons. The van der Waals surface area contributed by atoms with E-state index in [9.17, 15) is 9.90 Å². The number of aromatic hydroxyl groups is 1. The number of phenols is 1. The topological polar surface area (TPSA) is 63.3 Å². The molecule has 0 radical (unpaired) electrons. The lowest BCUT2D eigenvalue weighted by Gasteiger charge is -2.14. The number of carbonyl (C=O) groups is 1. The van der Waals surface area contributed by atoms with E-state index in [4.69, 9.17) is 17.3 Å². The van der Waals surface area contributed by atoms with Crippen LogP contribution in [0, 0.1) is 20.8 Å². The van der Waals surface area contributed by atoms with Gasteiger partial charge in [-0.1, -0.05) is 11.6 Å². The van der Waals surface area contributed by atoms with Crippen molar-refractivity contribution in [1.29, 1.82) is 0 Å². The first kappa shape index (κ1) is 13.0. The van der Waals surface area contributed by atoms with Crippen LogP contribution >= 0.6 is 11.6 Å². The Labute approximate surface area is 100 Å². The minimum absolute atomic E-state index is 0.0258. The fourth-order valence-electron chi connectivity index (χ4n) is 1.70. The van der Waals surface area contributed by atoms with Crippen LogP contribution in [-0.2, 0) is 0 Å². The number of carbonyl (C=O) groups excluding carboxylic acids is 1. The van der Waals surface area contributed by atoms with Gasteiger partial charge in [-0.05, 0) is 44.0 Å². The van der Waals surface area contributed by atoms with Crippen molar-refractivity contribution in [2.45, 2.75) is 27.2 Å². The van der Waals surface area contributed by atoms with Gasteiger partial charge in [0.15, 0.2) is 5.78 Å². The number of benzene rings is 1. The number of rotatable bonds is 3. The largest absolute Gasteiger partial charge is 0.507 e. The number of hydrogen-bond donors (Lipinski definition) is 2. The molecule has 0 aromatic heterocycles. The average molecular weight is 242 g/mol. The van der Waals surface area contributed by atoms with Crippen molar-refractivity contribution < 1.29 is 9.90 Å². The fraction of sp³-hybridized carbons (Fsp3) is 0.417. The molecule has 0 spiro atoms. The third-order valence-electron chi connectivity index (χ3n) is 2.84. The summed E-state index contributed by atoms with van der Waals surface area (Å²) in [5.41, 5.74) is 7.72. The van der Waals surface area contributed by atoms with E-state index < -0.39 is 0 Å². The summed E-state index contributed by atoms with van der Waals surface area (Å²) in [7, 11) is 0. The molecule has 0 aliphatic rings. The van der Waals surface area contributed by atoms with Crippen LogP contribution in [0.15, 0.2) is 0 Å². The lowest BCUT2D eigenvalue weighted by molar-refractivity contribution is 0.0982. The normalized spacial score (nSPS) is 10.6. The standard InChI is InChI=1S/C12H16ClNO2/c1-6-7(2)12(16)10(8(3)11(6)13)9(15)4-5-14/h16H,4-5,14H2,1-3H3. The van der Waals surface area contributed by atoms with Crippen LogP contribution in [0.3, 0.4) is 0 Å². The minimum Gasteiger partial charge on any atom is -0.507 e. The summed E-state index contributed by atoms with van der Waals surface area (Å²) in [6, 6.07) is 0. The van der Waals surface area contributed by atoms with Gasteiger partial charge in [0.1, 0.15) is 5.75 Å². The van der Waals surface area contributed by atoms with Crippen LogP contribution in [0.25, 0.3) is 0 Å². The molecule has 0 saturated heterocycles. The summed E-state index contributed by atoms with van der Waals surface area (Å²) in [6.45, 7) is 5.57. The second kappa shape index (κ2) is 4.85. The van der Waals surface area contributed by atoms with Gasteiger partial charge in [0.25, 0.3) is 0 Å². The van der Waals surface area contributed by atoms with Crippen molar-refractivity contribution in [3.63, 3.8) is 0 Å². The van der Waals surface area contributed by atoms with Gasteiger partial charge < -0.3 is 10.8 Å². The quantitative estimate of drug-likeness (QED) is 0.800. The highest BCUT2D eigenvalue weighted by atomic mass is 35.5. The molecule has 1 rings (SSSR count). The molecule has 16 heavy (non-hydrogen) atoms. The first-order valence-electron chi connectivity index (χ1n) is 5.13. The van der Waals surface area contributed by atoms with Gasteiger partial charge in [0, 0.05) is 11.4 Å². The average Bonchev–Trinajstić information content (AvgIpc) is 2.24. The molecule has 0 aliphatic heterocycles. The molecule has 0 heterocycles. The highest BCUT2D eigenvalue weighted by molar-refractivity contribution is 6.33. The van der Waals surface area contributed by atoms with Crippen molar-refractivity contribution in [1.82, 2.24) is 0 Å². The van der Waals surface area contributed by atoms with Gasteiger partial charge in [0.2, 0.25) is 0 Å². The lowest BCUT2D eigenvalue weighted by Crippen LogP contribution is -2.11. The molecule has 0 atom stereocenters. The van der Waals surface area contributed by atoms with E-state index in [2.05, 4.69) is 0 Å². The number of nitrogens with two attached hydrogens (primary N) is 1. The van der Waals surface area contributed by atoms with E-state index in [0.717, 1.165) is 5.56 Å². The van der Waals surface area contributed by atoms with Crippen molar-refractivity contribution in [3.8, 4) is 5.75 Å². The molecule has 0 fully saturated rings. The second-order valence-electron chi connectivity index (χ2n) is 3.87. The molecule has 4 heteroatoms. The molecule has 3 nitrogen and oxygen atoms in total. The Morgan fingerprint density at radius 2 is 1.81 bits per heavy atom. The number of halogens is 1. The molecule has 1 aromatic rings. The van der Waals surface area contributed by atoms with Crippen molar-refractivity contribution in [2.75, 3.05) is 6.54 Å². The Hall–Kier alpha value is -1.06. The fourth-order valence-corrected chi connectivity index (χ4v) is 1.93. The lowest BCUT2D eigenvalue weighted by atomic mass is 9.95. The van der Waals surface area contributed by atoms with Gasteiger partial charge in [-0.15, -0.1) is 0 Å². The van der Waals surface area contributed by atoms with E-state index in [0.29, 0.717) is 21.7 Å². The summed E-state index contributed by atoms with van der Waals surface area (Å²) in [5, 5.41) is 10.5. The smallest absolute Gasteiger partial charge is 0.168 e. The Morgan fingerprint density at radius 3 is 2.31 bits per heavy atom. The third kappa shape index (κ3) is 2.06. The van der Waals surface area contributed by atoms with E-state index in [1.165, 1.54) is 0 Å². The van der Waals surface area contributed by atoms with E-state index >= 15 is 0 Å².